The average Bonchev–Trinajstić information content (AvgIpc) is 2.43. The molecule has 8 nitrogen and oxygen atoms in total. The Morgan fingerprint density at radius 2 is 1.95 bits per heavy atom. The van der Waals surface area contributed by atoms with Crippen LogP contribution >= 0.6 is 0 Å². The van der Waals surface area contributed by atoms with Crippen molar-refractivity contribution in [3.05, 3.63) is 23.4 Å². The van der Waals surface area contributed by atoms with Gasteiger partial charge in [0.15, 0.2) is 0 Å². The molecule has 0 atom stereocenters. The summed E-state index contributed by atoms with van der Waals surface area (Å²) in [5.74, 6) is 5.52. The predicted octanol–water partition coefficient (Wildman–Crippen LogP) is -0.282. The number of primary amides is 1. The van der Waals surface area contributed by atoms with Gasteiger partial charge in [0.2, 0.25) is 0 Å². The van der Waals surface area contributed by atoms with Crippen molar-refractivity contribution in [1.29, 1.82) is 0 Å². The zero-order chi connectivity index (χ0) is 15.0. The number of carbonyl (C=O) groups excluding carboxylic acids is 2. The first-order valence-corrected chi connectivity index (χ1v) is 6.36. The van der Waals surface area contributed by atoms with Crippen LogP contribution in [0.5, 0.6) is 0 Å². The van der Waals surface area contributed by atoms with Crippen LogP contribution in [0.15, 0.2) is 12.1 Å². The summed E-state index contributed by atoms with van der Waals surface area (Å²) in [6.07, 6.45) is 1.68. The minimum Gasteiger partial charge on any atom is -0.352 e. The Kier molecular flexibility index (Phi) is 6.24. The van der Waals surface area contributed by atoms with E-state index in [9.17, 15) is 9.59 Å². The van der Waals surface area contributed by atoms with E-state index in [1.807, 2.05) is 6.92 Å². The molecule has 1 rings (SSSR count). The van der Waals surface area contributed by atoms with Gasteiger partial charge in [0.05, 0.1) is 0 Å². The topological polar surface area (TPSA) is 135 Å². The maximum atomic E-state index is 12.0. The highest BCUT2D eigenvalue weighted by Crippen LogP contribution is 2.11. The van der Waals surface area contributed by atoms with Crippen LogP contribution in [-0.2, 0) is 6.42 Å². The number of anilines is 1. The van der Waals surface area contributed by atoms with Gasteiger partial charge in [-0.15, -0.1) is 0 Å². The smallest absolute Gasteiger partial charge is 0.312 e. The van der Waals surface area contributed by atoms with Gasteiger partial charge in [-0.25, -0.2) is 15.6 Å². The predicted molar refractivity (Wildman–Crippen MR) is 76.0 cm³/mol. The number of aryl methyl sites for hydroxylation is 1. The van der Waals surface area contributed by atoms with Gasteiger partial charge in [0.25, 0.3) is 5.91 Å². The molecular weight excluding hydrogens is 260 g/mol. The van der Waals surface area contributed by atoms with Crippen molar-refractivity contribution in [1.82, 2.24) is 15.6 Å². The van der Waals surface area contributed by atoms with Crippen LogP contribution in [0, 0.1) is 0 Å². The summed E-state index contributed by atoms with van der Waals surface area (Å²) in [6.45, 7) is 2.59. The van der Waals surface area contributed by atoms with Crippen LogP contribution in [0.2, 0.25) is 0 Å². The molecule has 7 N–H and O–H groups in total. The van der Waals surface area contributed by atoms with E-state index < -0.39 is 6.03 Å². The molecule has 0 bridgehead atoms. The quantitative estimate of drug-likeness (QED) is 0.266. The molecule has 0 aromatic carbocycles. The number of carbonyl (C=O) groups is 2. The SMILES string of the molecule is CCCc1cc(C(=O)NCCNC(N)=O)cc(NN)n1. The summed E-state index contributed by atoms with van der Waals surface area (Å²) in [7, 11) is 0. The van der Waals surface area contributed by atoms with E-state index >= 15 is 0 Å². The zero-order valence-electron chi connectivity index (χ0n) is 11.4. The number of nitrogens with one attached hydrogen (secondary N) is 3. The first-order valence-electron chi connectivity index (χ1n) is 6.36. The molecular formula is C12H20N6O2. The van der Waals surface area contributed by atoms with Crippen LogP contribution in [0.4, 0.5) is 10.6 Å². The highest BCUT2D eigenvalue weighted by molar-refractivity contribution is 5.95. The number of aromatic nitrogens is 1. The van der Waals surface area contributed by atoms with Gasteiger partial charge in [-0.1, -0.05) is 13.3 Å². The van der Waals surface area contributed by atoms with Gasteiger partial charge in [0.1, 0.15) is 5.82 Å². The summed E-state index contributed by atoms with van der Waals surface area (Å²) in [5.41, 5.74) is 8.62. The standard InChI is InChI=1S/C12H20N6O2/c1-2-3-9-6-8(7-10(17-9)18-14)11(19)15-4-5-16-12(13)20/h6-7H,2-5,14H2,1H3,(H,15,19)(H,17,18)(H3,13,16,20). The third-order valence-corrected chi connectivity index (χ3v) is 2.50. The zero-order valence-corrected chi connectivity index (χ0v) is 11.4. The summed E-state index contributed by atoms with van der Waals surface area (Å²) >= 11 is 0. The second-order valence-electron chi connectivity index (χ2n) is 4.17. The summed E-state index contributed by atoms with van der Waals surface area (Å²) in [4.78, 5) is 26.7. The Bertz CT molecular complexity index is 477. The van der Waals surface area contributed by atoms with Crippen molar-refractivity contribution in [2.24, 2.45) is 11.6 Å². The number of pyridine rings is 1. The molecule has 1 aromatic rings. The van der Waals surface area contributed by atoms with E-state index in [1.54, 1.807) is 12.1 Å². The third kappa shape index (κ3) is 5.11. The van der Waals surface area contributed by atoms with Gasteiger partial charge < -0.3 is 21.8 Å². The normalized spacial score (nSPS) is 9.90. The number of urea groups is 1. The highest BCUT2D eigenvalue weighted by atomic mass is 16.2. The molecule has 0 saturated carbocycles. The number of rotatable bonds is 7. The van der Waals surface area contributed by atoms with Gasteiger partial charge >= 0.3 is 6.03 Å². The number of hydrogen-bond acceptors (Lipinski definition) is 5. The minimum absolute atomic E-state index is 0.257. The first kappa shape index (κ1) is 15.7. The lowest BCUT2D eigenvalue weighted by Gasteiger charge is -2.09. The van der Waals surface area contributed by atoms with E-state index in [0.29, 0.717) is 17.9 Å². The summed E-state index contributed by atoms with van der Waals surface area (Å²) in [5, 5.41) is 5.06. The summed E-state index contributed by atoms with van der Waals surface area (Å²) in [6, 6.07) is 2.67. The van der Waals surface area contributed by atoms with Gasteiger partial charge in [-0.05, 0) is 18.6 Å². The fourth-order valence-corrected chi connectivity index (χ4v) is 1.64. The molecule has 1 heterocycles. The molecule has 1 aromatic heterocycles. The fourth-order valence-electron chi connectivity index (χ4n) is 1.64. The number of nitrogens with two attached hydrogens (primary N) is 2. The molecule has 20 heavy (non-hydrogen) atoms. The Labute approximate surface area is 117 Å². The molecule has 0 radical (unpaired) electrons. The summed E-state index contributed by atoms with van der Waals surface area (Å²) < 4.78 is 0. The number of amides is 3. The van der Waals surface area contributed by atoms with E-state index in [1.165, 1.54) is 0 Å². The van der Waals surface area contributed by atoms with Crippen molar-refractivity contribution in [3.8, 4) is 0 Å². The second-order valence-corrected chi connectivity index (χ2v) is 4.17. The van der Waals surface area contributed by atoms with Crippen LogP contribution < -0.4 is 27.6 Å². The van der Waals surface area contributed by atoms with Crippen LogP contribution in [0.3, 0.4) is 0 Å². The molecule has 0 saturated heterocycles. The van der Waals surface area contributed by atoms with Crippen molar-refractivity contribution in [2.75, 3.05) is 18.5 Å². The van der Waals surface area contributed by atoms with E-state index in [-0.39, 0.29) is 12.5 Å². The Balaban J connectivity index is 2.66. The number of hydrogen-bond donors (Lipinski definition) is 5. The van der Waals surface area contributed by atoms with Crippen molar-refractivity contribution >= 4 is 17.8 Å². The fraction of sp³-hybridized carbons (Fsp3) is 0.417. The van der Waals surface area contributed by atoms with Crippen LogP contribution in [0.1, 0.15) is 29.4 Å². The van der Waals surface area contributed by atoms with E-state index in [2.05, 4.69) is 21.0 Å². The van der Waals surface area contributed by atoms with Crippen LogP contribution in [-0.4, -0.2) is 30.0 Å². The Morgan fingerprint density at radius 1 is 1.25 bits per heavy atom. The van der Waals surface area contributed by atoms with Crippen molar-refractivity contribution < 1.29 is 9.59 Å². The molecule has 8 heteroatoms. The molecule has 0 spiro atoms. The van der Waals surface area contributed by atoms with Crippen molar-refractivity contribution in [2.45, 2.75) is 19.8 Å². The largest absolute Gasteiger partial charge is 0.352 e. The maximum absolute atomic E-state index is 12.0. The monoisotopic (exact) mass is 280 g/mol. The van der Waals surface area contributed by atoms with Gasteiger partial charge in [-0.3, -0.25) is 4.79 Å². The highest BCUT2D eigenvalue weighted by Gasteiger charge is 2.09. The Hall–Kier alpha value is -2.35. The molecule has 0 aliphatic heterocycles. The molecule has 0 fully saturated rings. The first-order chi connectivity index (χ1) is 9.56. The number of nitrogens with zero attached hydrogens (tertiary/aromatic N) is 1. The number of hydrazine groups is 1. The van der Waals surface area contributed by atoms with Crippen LogP contribution in [0.25, 0.3) is 0 Å². The van der Waals surface area contributed by atoms with Gasteiger partial charge in [-0.2, -0.15) is 0 Å². The minimum atomic E-state index is -0.622. The lowest BCUT2D eigenvalue weighted by molar-refractivity contribution is 0.0953. The maximum Gasteiger partial charge on any atom is 0.312 e. The molecule has 0 aliphatic carbocycles. The lowest BCUT2D eigenvalue weighted by atomic mass is 10.1. The molecule has 3 amide bonds. The van der Waals surface area contributed by atoms with Gasteiger partial charge in [0, 0.05) is 24.3 Å². The average molecular weight is 280 g/mol. The van der Waals surface area contributed by atoms with E-state index in [0.717, 1.165) is 18.5 Å². The molecule has 0 aliphatic rings. The van der Waals surface area contributed by atoms with Crippen molar-refractivity contribution in [3.63, 3.8) is 0 Å². The molecule has 110 valence electrons. The third-order valence-electron chi connectivity index (χ3n) is 2.50. The lowest BCUT2D eigenvalue weighted by Crippen LogP contribution is -2.37. The van der Waals surface area contributed by atoms with E-state index in [4.69, 9.17) is 11.6 Å². The molecule has 0 unspecified atom stereocenters. The number of nitrogen functional groups attached to an aromatic ring is 1. The second kappa shape index (κ2) is 7.95. The Morgan fingerprint density at radius 3 is 2.55 bits per heavy atom.